The summed E-state index contributed by atoms with van der Waals surface area (Å²) in [4.78, 5) is 22.7. The summed E-state index contributed by atoms with van der Waals surface area (Å²) in [5.74, 6) is 1.09. The minimum atomic E-state index is 0. The molecule has 8 nitrogen and oxygen atoms in total. The van der Waals surface area contributed by atoms with Crippen molar-refractivity contribution >= 4 is 76.5 Å². The van der Waals surface area contributed by atoms with Gasteiger partial charge in [0.1, 0.15) is 11.7 Å². The standard InChI is InChI=1S/C35H41N7O.3ClH/c1-40(2)21-7-20-38-23-34(43)42(24-28-10-6-9-26-8-4-5-11-30(26)28)29-17-18-32-31(22-29)39-33(41(32)3)19-14-25-12-15-27(16-13-25)35(36)37;;;/h4-6,8-13,15-18,22,38H,7,14,19-21,23-24H2,1-3H3,(H3,36,37);3*1H. The van der Waals surface area contributed by atoms with E-state index in [0.29, 0.717) is 6.54 Å². The third kappa shape index (κ3) is 9.44. The van der Waals surface area contributed by atoms with Gasteiger partial charge in [-0.1, -0.05) is 66.7 Å². The molecule has 0 bridgehead atoms. The van der Waals surface area contributed by atoms with Crippen molar-refractivity contribution in [1.82, 2.24) is 19.8 Å². The van der Waals surface area contributed by atoms with Crippen LogP contribution < -0.4 is 16.0 Å². The fourth-order valence-electron chi connectivity index (χ4n) is 5.47. The van der Waals surface area contributed by atoms with E-state index < -0.39 is 0 Å². The minimum Gasteiger partial charge on any atom is -0.384 e. The van der Waals surface area contributed by atoms with Crippen molar-refractivity contribution in [3.8, 4) is 0 Å². The number of halogens is 3. The fraction of sp³-hybridized carbons (Fsp3) is 0.286. The number of hydrogen-bond acceptors (Lipinski definition) is 5. The maximum absolute atomic E-state index is 13.7. The van der Waals surface area contributed by atoms with Gasteiger partial charge in [0.15, 0.2) is 0 Å². The zero-order valence-electron chi connectivity index (χ0n) is 26.5. The third-order valence-corrected chi connectivity index (χ3v) is 7.92. The minimum absolute atomic E-state index is 0. The van der Waals surface area contributed by atoms with E-state index in [-0.39, 0.29) is 55.5 Å². The molecule has 5 aromatic rings. The predicted molar refractivity (Wildman–Crippen MR) is 199 cm³/mol. The van der Waals surface area contributed by atoms with Crippen molar-refractivity contribution in [1.29, 1.82) is 5.41 Å². The number of amidine groups is 1. The zero-order chi connectivity index (χ0) is 30.3. The molecule has 1 aromatic heterocycles. The first-order chi connectivity index (χ1) is 20.8. The highest BCUT2D eigenvalue weighted by atomic mass is 35.5. The lowest BCUT2D eigenvalue weighted by molar-refractivity contribution is -0.117. The molecule has 0 saturated heterocycles. The highest BCUT2D eigenvalue weighted by Crippen LogP contribution is 2.27. The summed E-state index contributed by atoms with van der Waals surface area (Å²) in [6.45, 7) is 2.50. The molecular formula is C35H44Cl3N7O. The number of anilines is 1. The van der Waals surface area contributed by atoms with Gasteiger partial charge < -0.3 is 25.4 Å². The van der Waals surface area contributed by atoms with Gasteiger partial charge >= 0.3 is 0 Å². The molecule has 0 unspecified atom stereocenters. The molecule has 0 aliphatic rings. The second-order valence-electron chi connectivity index (χ2n) is 11.3. The van der Waals surface area contributed by atoms with Crippen LogP contribution in [0, 0.1) is 5.41 Å². The van der Waals surface area contributed by atoms with Gasteiger partial charge in [0, 0.05) is 24.7 Å². The summed E-state index contributed by atoms with van der Waals surface area (Å²) in [6.07, 6.45) is 2.58. The number of nitrogens with zero attached hydrogens (tertiary/aromatic N) is 4. The Morgan fingerprint density at radius 1 is 0.935 bits per heavy atom. The van der Waals surface area contributed by atoms with Crippen LogP contribution in [0.3, 0.4) is 0 Å². The lowest BCUT2D eigenvalue weighted by Crippen LogP contribution is -2.38. The van der Waals surface area contributed by atoms with E-state index in [1.54, 1.807) is 0 Å². The molecular weight excluding hydrogens is 641 g/mol. The smallest absolute Gasteiger partial charge is 0.241 e. The summed E-state index contributed by atoms with van der Waals surface area (Å²) in [7, 11) is 6.16. The number of benzene rings is 4. The quantitative estimate of drug-likeness (QED) is 0.0786. The number of amides is 1. The number of nitrogens with two attached hydrogens (primary N) is 1. The van der Waals surface area contributed by atoms with Crippen molar-refractivity contribution in [2.75, 3.05) is 38.6 Å². The van der Waals surface area contributed by atoms with Gasteiger partial charge in [0.25, 0.3) is 0 Å². The summed E-state index contributed by atoms with van der Waals surface area (Å²) < 4.78 is 2.13. The topological polar surface area (TPSA) is 103 Å². The van der Waals surface area contributed by atoms with Gasteiger partial charge in [-0.25, -0.2) is 4.98 Å². The molecule has 4 aromatic carbocycles. The molecule has 0 aliphatic heterocycles. The van der Waals surface area contributed by atoms with Crippen LogP contribution in [0.25, 0.3) is 21.8 Å². The van der Waals surface area contributed by atoms with E-state index in [1.165, 1.54) is 5.56 Å². The SMILES string of the molecule is CN(C)CCCNCC(=O)N(Cc1cccc2ccccc12)c1ccc2c(c1)nc(CCc1ccc(C(=N)N)cc1)n2C.Cl.Cl.Cl. The van der Waals surface area contributed by atoms with Crippen LogP contribution in [0.15, 0.2) is 84.9 Å². The van der Waals surface area contributed by atoms with Crippen molar-refractivity contribution < 1.29 is 4.79 Å². The molecule has 0 aliphatic carbocycles. The number of nitrogens with one attached hydrogen (secondary N) is 2. The van der Waals surface area contributed by atoms with Crippen LogP contribution in [0.1, 0.15) is 28.9 Å². The van der Waals surface area contributed by atoms with Gasteiger partial charge in [-0.05, 0) is 80.1 Å². The first kappa shape index (κ1) is 38.5. The average molecular weight is 685 g/mol. The maximum Gasteiger partial charge on any atom is 0.241 e. The Bertz CT molecular complexity index is 1730. The van der Waals surface area contributed by atoms with Gasteiger partial charge in [-0.15, -0.1) is 37.2 Å². The predicted octanol–water partition coefficient (Wildman–Crippen LogP) is 6.14. The number of imidazole rings is 1. The van der Waals surface area contributed by atoms with Gasteiger partial charge in [-0.2, -0.15) is 0 Å². The molecule has 1 heterocycles. The highest BCUT2D eigenvalue weighted by molar-refractivity contribution is 5.97. The van der Waals surface area contributed by atoms with E-state index in [0.717, 1.165) is 76.8 Å². The Balaban J connectivity index is 0.00000245. The van der Waals surface area contributed by atoms with Crippen LogP contribution in [0.5, 0.6) is 0 Å². The number of hydrogen-bond donors (Lipinski definition) is 3. The van der Waals surface area contributed by atoms with E-state index >= 15 is 0 Å². The molecule has 0 atom stereocenters. The maximum atomic E-state index is 13.7. The van der Waals surface area contributed by atoms with E-state index in [4.69, 9.17) is 16.1 Å². The van der Waals surface area contributed by atoms with E-state index in [2.05, 4.69) is 65.3 Å². The third-order valence-electron chi connectivity index (χ3n) is 7.92. The van der Waals surface area contributed by atoms with E-state index in [9.17, 15) is 4.79 Å². The summed E-state index contributed by atoms with van der Waals surface area (Å²) in [5, 5.41) is 13.3. The first-order valence-electron chi connectivity index (χ1n) is 14.8. The number of nitrogen functional groups attached to an aromatic ring is 1. The lowest BCUT2D eigenvalue weighted by Gasteiger charge is -2.24. The number of carbonyl (C=O) groups excluding carboxylic acids is 1. The van der Waals surface area contributed by atoms with Crippen LogP contribution in [0.2, 0.25) is 0 Å². The van der Waals surface area contributed by atoms with E-state index in [1.807, 2.05) is 60.5 Å². The second-order valence-corrected chi connectivity index (χ2v) is 11.3. The number of carbonyl (C=O) groups is 1. The summed E-state index contributed by atoms with van der Waals surface area (Å²) in [5.41, 5.74) is 11.3. The zero-order valence-corrected chi connectivity index (χ0v) is 29.0. The normalized spacial score (nSPS) is 10.7. The Morgan fingerprint density at radius 2 is 1.65 bits per heavy atom. The molecule has 46 heavy (non-hydrogen) atoms. The fourth-order valence-corrected chi connectivity index (χ4v) is 5.47. The van der Waals surface area contributed by atoms with Crippen LogP contribution in [0.4, 0.5) is 5.69 Å². The number of aromatic nitrogens is 2. The van der Waals surface area contributed by atoms with Crippen LogP contribution >= 0.6 is 37.2 Å². The number of fused-ring (bicyclic) bond motifs is 2. The Hall–Kier alpha value is -3.66. The molecule has 0 fully saturated rings. The summed E-state index contributed by atoms with van der Waals surface area (Å²) in [6, 6.07) is 28.5. The number of rotatable bonds is 13. The summed E-state index contributed by atoms with van der Waals surface area (Å²) >= 11 is 0. The largest absolute Gasteiger partial charge is 0.384 e. The number of aryl methyl sites for hydroxylation is 3. The van der Waals surface area contributed by atoms with Gasteiger partial charge in [0.05, 0.1) is 24.1 Å². The molecule has 11 heteroatoms. The van der Waals surface area contributed by atoms with Crippen molar-refractivity contribution in [2.24, 2.45) is 12.8 Å². The average Bonchev–Trinajstić information content (AvgIpc) is 3.32. The monoisotopic (exact) mass is 683 g/mol. The molecule has 0 radical (unpaired) electrons. The molecule has 0 saturated carbocycles. The van der Waals surface area contributed by atoms with Crippen LogP contribution in [-0.4, -0.2) is 59.9 Å². The van der Waals surface area contributed by atoms with Crippen molar-refractivity contribution in [3.05, 3.63) is 107 Å². The van der Waals surface area contributed by atoms with Gasteiger partial charge in [0.2, 0.25) is 5.91 Å². The van der Waals surface area contributed by atoms with Gasteiger partial charge in [-0.3, -0.25) is 10.2 Å². The Morgan fingerprint density at radius 3 is 2.37 bits per heavy atom. The molecule has 246 valence electrons. The lowest BCUT2D eigenvalue weighted by atomic mass is 10.0. The van der Waals surface area contributed by atoms with Crippen molar-refractivity contribution in [2.45, 2.75) is 25.8 Å². The van der Waals surface area contributed by atoms with Crippen molar-refractivity contribution in [3.63, 3.8) is 0 Å². The second kappa shape index (κ2) is 17.9. The molecule has 0 spiro atoms. The first-order valence-corrected chi connectivity index (χ1v) is 14.8. The highest BCUT2D eigenvalue weighted by Gasteiger charge is 2.19. The Labute approximate surface area is 290 Å². The molecule has 5 rings (SSSR count). The Kier molecular flexibility index (Phi) is 15.0. The van der Waals surface area contributed by atoms with Crippen LogP contribution in [-0.2, 0) is 31.2 Å². The molecule has 1 amide bonds. The molecule has 4 N–H and O–H groups in total.